The second-order valence-electron chi connectivity index (χ2n) is 12.1. The van der Waals surface area contributed by atoms with Crippen molar-refractivity contribution < 1.29 is 35.9 Å². The molecule has 0 aromatic heterocycles. The number of amides is 2. The lowest BCUT2D eigenvalue weighted by molar-refractivity contribution is -0.274. The largest absolute Gasteiger partial charge is 0.573 e. The molecule has 0 aliphatic heterocycles. The molecule has 2 amide bonds. The predicted molar refractivity (Wildman–Crippen MR) is 191 cm³/mol. The van der Waals surface area contributed by atoms with Crippen molar-refractivity contribution in [2.24, 2.45) is 11.5 Å². The van der Waals surface area contributed by atoms with Crippen LogP contribution in [0, 0.1) is 5.41 Å². The molecule has 0 saturated heterocycles. The molecule has 2 unspecified atom stereocenters. The Kier molecular flexibility index (Phi) is 13.9. The fourth-order valence-electron chi connectivity index (χ4n) is 5.38. The van der Waals surface area contributed by atoms with Gasteiger partial charge in [0, 0.05) is 25.1 Å². The number of ether oxygens (including phenoxy) is 1. The number of halogens is 3. The van der Waals surface area contributed by atoms with Crippen LogP contribution >= 0.6 is 0 Å². The lowest BCUT2D eigenvalue weighted by atomic mass is 10.0. The summed E-state index contributed by atoms with van der Waals surface area (Å²) < 4.78 is 70.8. The number of amidine groups is 1. The van der Waals surface area contributed by atoms with Crippen LogP contribution in [0.5, 0.6) is 5.75 Å². The fraction of sp³-hybridized carbons (Fsp3) is 0.270. The normalized spacial score (nSPS) is 12.8. The van der Waals surface area contributed by atoms with Crippen molar-refractivity contribution in [1.29, 1.82) is 5.41 Å². The summed E-state index contributed by atoms with van der Waals surface area (Å²) in [5.74, 6) is -2.12. The van der Waals surface area contributed by atoms with Crippen molar-refractivity contribution in [2.75, 3.05) is 0 Å². The quantitative estimate of drug-likeness (QED) is 0.0652. The third kappa shape index (κ3) is 13.1. The first-order chi connectivity index (χ1) is 24.7. The lowest BCUT2D eigenvalue weighted by Crippen LogP contribution is -2.54. The first kappa shape index (κ1) is 39.5. The van der Waals surface area contributed by atoms with E-state index in [0.29, 0.717) is 28.7 Å². The molecule has 4 rings (SSSR count). The van der Waals surface area contributed by atoms with Gasteiger partial charge in [-0.25, -0.2) is 13.1 Å². The van der Waals surface area contributed by atoms with Crippen molar-refractivity contribution in [1.82, 2.24) is 15.4 Å². The highest BCUT2D eigenvalue weighted by atomic mass is 32.2. The molecule has 276 valence electrons. The molecule has 0 aliphatic rings. The first-order valence-electron chi connectivity index (χ1n) is 16.4. The molecule has 52 heavy (non-hydrogen) atoms. The predicted octanol–water partition coefficient (Wildman–Crippen LogP) is 4.18. The van der Waals surface area contributed by atoms with Gasteiger partial charge in [0.05, 0.1) is 5.75 Å². The fourth-order valence-corrected chi connectivity index (χ4v) is 6.75. The van der Waals surface area contributed by atoms with Gasteiger partial charge in [-0.2, -0.15) is 0 Å². The monoisotopic (exact) mass is 738 g/mol. The molecule has 0 heterocycles. The molecule has 0 bridgehead atoms. The Hall–Kier alpha value is -5.25. The van der Waals surface area contributed by atoms with Crippen LogP contribution in [0.2, 0.25) is 0 Å². The van der Waals surface area contributed by atoms with E-state index in [2.05, 4.69) is 20.1 Å². The van der Waals surface area contributed by atoms with Gasteiger partial charge in [-0.15, -0.1) is 13.2 Å². The summed E-state index contributed by atoms with van der Waals surface area (Å²) in [6.07, 6.45) is -4.15. The highest BCUT2D eigenvalue weighted by molar-refractivity contribution is 7.88. The molecule has 4 aromatic rings. The SMILES string of the molecule is N=C(N)c1ccc(CNC(=O)C(Cc2cccc(CN)c2)NC(=O)C(CCCc2ccc(OC(F)(F)F)cc2)NS(=O)(=O)Cc2ccccc2)cc1. The van der Waals surface area contributed by atoms with Gasteiger partial charge in [-0.3, -0.25) is 15.0 Å². The molecule has 0 radical (unpaired) electrons. The van der Waals surface area contributed by atoms with E-state index in [1.54, 1.807) is 66.7 Å². The van der Waals surface area contributed by atoms with E-state index in [1.165, 1.54) is 24.3 Å². The Labute approximate surface area is 300 Å². The third-order valence-corrected chi connectivity index (χ3v) is 9.34. The number of nitrogens with one attached hydrogen (secondary N) is 4. The minimum absolute atomic E-state index is 0.0140. The zero-order valence-corrected chi connectivity index (χ0v) is 29.0. The molecule has 15 heteroatoms. The molecule has 2 atom stereocenters. The van der Waals surface area contributed by atoms with Crippen molar-refractivity contribution in [2.45, 2.75) is 63.0 Å². The zero-order valence-electron chi connectivity index (χ0n) is 28.2. The summed E-state index contributed by atoms with van der Waals surface area (Å²) >= 11 is 0. The molecule has 8 N–H and O–H groups in total. The number of rotatable bonds is 18. The minimum atomic E-state index is -4.83. The van der Waals surface area contributed by atoms with Gasteiger partial charge >= 0.3 is 6.36 Å². The highest BCUT2D eigenvalue weighted by Crippen LogP contribution is 2.23. The standard InChI is InChI=1S/C37H41F3N6O5S/c38-37(39,40)51-31-18-14-25(15-19-31)8-5-11-32(46-52(49,50)24-27-6-2-1-3-7-27)36(48)45-33(21-28-9-4-10-29(20-28)22-41)35(47)44-23-26-12-16-30(17-13-26)34(42)43/h1-4,6-7,9-10,12-20,32-33,46H,5,8,11,21-24,41H2,(H3,42,43)(H,44,47)(H,45,48). The zero-order chi connectivity index (χ0) is 37.7. The number of sulfonamides is 1. The smallest absolute Gasteiger partial charge is 0.406 e. The van der Waals surface area contributed by atoms with Gasteiger partial charge in [0.1, 0.15) is 23.7 Å². The van der Waals surface area contributed by atoms with Crippen LogP contribution in [0.25, 0.3) is 0 Å². The minimum Gasteiger partial charge on any atom is -0.406 e. The summed E-state index contributed by atoms with van der Waals surface area (Å²) in [7, 11) is -4.05. The van der Waals surface area contributed by atoms with Crippen LogP contribution in [-0.4, -0.2) is 44.5 Å². The van der Waals surface area contributed by atoms with E-state index in [0.717, 1.165) is 11.1 Å². The summed E-state index contributed by atoms with van der Waals surface area (Å²) in [6, 6.07) is 25.2. The topological polar surface area (TPSA) is 189 Å². The summed E-state index contributed by atoms with van der Waals surface area (Å²) in [5.41, 5.74) is 15.3. The molecular formula is C37H41F3N6O5S. The maximum absolute atomic E-state index is 13.9. The molecule has 0 fully saturated rings. The second-order valence-corrected chi connectivity index (χ2v) is 13.9. The molecule has 4 aromatic carbocycles. The van der Waals surface area contributed by atoms with Crippen LogP contribution in [-0.2, 0) is 51.3 Å². The summed E-state index contributed by atoms with van der Waals surface area (Å²) in [6.45, 7) is 0.364. The first-order valence-corrected chi connectivity index (χ1v) is 18.0. The second kappa shape index (κ2) is 18.3. The maximum Gasteiger partial charge on any atom is 0.573 e. The molecule has 0 spiro atoms. The maximum atomic E-state index is 13.9. The average Bonchev–Trinajstić information content (AvgIpc) is 3.10. The van der Waals surface area contributed by atoms with E-state index in [-0.39, 0.29) is 43.9 Å². The van der Waals surface area contributed by atoms with Crippen molar-refractivity contribution >= 4 is 27.7 Å². The summed E-state index contributed by atoms with van der Waals surface area (Å²) in [5, 5.41) is 13.1. The number of alkyl halides is 3. The van der Waals surface area contributed by atoms with Crippen LogP contribution in [0.15, 0.2) is 103 Å². The Morgan fingerprint density at radius 3 is 2.06 bits per heavy atom. The van der Waals surface area contributed by atoms with Crippen molar-refractivity contribution in [3.63, 3.8) is 0 Å². The van der Waals surface area contributed by atoms with E-state index in [4.69, 9.17) is 16.9 Å². The number of benzene rings is 4. The van der Waals surface area contributed by atoms with Crippen LogP contribution in [0.3, 0.4) is 0 Å². The molecular weight excluding hydrogens is 698 g/mol. The van der Waals surface area contributed by atoms with E-state index < -0.39 is 46.0 Å². The Balaban J connectivity index is 1.52. The Bertz CT molecular complexity index is 1910. The van der Waals surface area contributed by atoms with Crippen LogP contribution in [0.1, 0.15) is 46.2 Å². The molecule has 0 aliphatic carbocycles. The highest BCUT2D eigenvalue weighted by Gasteiger charge is 2.31. The summed E-state index contributed by atoms with van der Waals surface area (Å²) in [4.78, 5) is 27.5. The van der Waals surface area contributed by atoms with Crippen molar-refractivity contribution in [3.8, 4) is 5.75 Å². The van der Waals surface area contributed by atoms with Gasteiger partial charge < -0.3 is 26.8 Å². The lowest BCUT2D eigenvalue weighted by Gasteiger charge is -2.24. The number of hydrogen-bond acceptors (Lipinski definition) is 7. The molecule has 11 nitrogen and oxygen atoms in total. The van der Waals surface area contributed by atoms with Gasteiger partial charge in [-0.1, -0.05) is 91.0 Å². The van der Waals surface area contributed by atoms with Gasteiger partial charge in [-0.05, 0) is 59.2 Å². The Morgan fingerprint density at radius 1 is 0.788 bits per heavy atom. The van der Waals surface area contributed by atoms with Gasteiger partial charge in [0.2, 0.25) is 21.8 Å². The number of carbonyl (C=O) groups excluding carboxylic acids is 2. The number of carbonyl (C=O) groups is 2. The third-order valence-electron chi connectivity index (χ3n) is 7.98. The number of aryl methyl sites for hydroxylation is 1. The number of hydrogen-bond donors (Lipinski definition) is 6. The average molecular weight is 739 g/mol. The Morgan fingerprint density at radius 2 is 1.42 bits per heavy atom. The van der Waals surface area contributed by atoms with E-state index in [9.17, 15) is 31.2 Å². The van der Waals surface area contributed by atoms with Crippen molar-refractivity contribution in [3.05, 3.63) is 137 Å². The van der Waals surface area contributed by atoms with Crippen LogP contribution in [0.4, 0.5) is 13.2 Å². The van der Waals surface area contributed by atoms with E-state index in [1.807, 2.05) is 12.1 Å². The van der Waals surface area contributed by atoms with Crippen LogP contribution < -0.4 is 31.6 Å². The van der Waals surface area contributed by atoms with Gasteiger partial charge in [0.15, 0.2) is 0 Å². The molecule has 0 saturated carbocycles. The van der Waals surface area contributed by atoms with E-state index >= 15 is 0 Å². The number of nitrogens with two attached hydrogens (primary N) is 2. The number of nitrogen functional groups attached to an aromatic ring is 1. The van der Waals surface area contributed by atoms with Gasteiger partial charge in [0.25, 0.3) is 0 Å².